The molecule has 1 aliphatic heterocycles. The first-order valence-electron chi connectivity index (χ1n) is 5.43. The molecule has 1 rings (SSSR count). The highest BCUT2D eigenvalue weighted by atomic mass is 35.5. The van der Waals surface area contributed by atoms with Gasteiger partial charge in [0.2, 0.25) is 11.8 Å². The molecule has 4 N–H and O–H groups in total. The van der Waals surface area contributed by atoms with Crippen LogP contribution in [0.15, 0.2) is 0 Å². The summed E-state index contributed by atoms with van der Waals surface area (Å²) in [6, 6.07) is 0.204. The van der Waals surface area contributed by atoms with Gasteiger partial charge in [-0.1, -0.05) is 0 Å². The van der Waals surface area contributed by atoms with Gasteiger partial charge in [-0.2, -0.15) is 0 Å². The van der Waals surface area contributed by atoms with Gasteiger partial charge in [-0.3, -0.25) is 9.59 Å². The summed E-state index contributed by atoms with van der Waals surface area (Å²) in [5.74, 6) is -0.710. The molecule has 94 valence electrons. The highest BCUT2D eigenvalue weighted by molar-refractivity contribution is 5.96. The zero-order valence-corrected chi connectivity index (χ0v) is 10.2. The van der Waals surface area contributed by atoms with Crippen LogP contribution in [0.2, 0.25) is 0 Å². The summed E-state index contributed by atoms with van der Waals surface area (Å²) in [5, 5.41) is 0. The minimum atomic E-state index is -0.558. The fourth-order valence-corrected chi connectivity index (χ4v) is 2.07. The van der Waals surface area contributed by atoms with Gasteiger partial charge in [0.15, 0.2) is 0 Å². The molecular formula is C10H20ClN3O2. The van der Waals surface area contributed by atoms with Crippen molar-refractivity contribution in [1.29, 1.82) is 0 Å². The van der Waals surface area contributed by atoms with Gasteiger partial charge in [0.1, 0.15) is 6.42 Å². The number of rotatable bonds is 4. The lowest BCUT2D eigenvalue weighted by Crippen LogP contribution is -2.45. The Morgan fingerprint density at radius 3 is 2.56 bits per heavy atom. The lowest BCUT2D eigenvalue weighted by Gasteiger charge is -2.35. The van der Waals surface area contributed by atoms with Crippen molar-refractivity contribution >= 4 is 24.2 Å². The van der Waals surface area contributed by atoms with Crippen molar-refractivity contribution in [2.75, 3.05) is 13.1 Å². The van der Waals surface area contributed by atoms with Crippen molar-refractivity contribution in [2.24, 2.45) is 11.5 Å². The monoisotopic (exact) mass is 249 g/mol. The van der Waals surface area contributed by atoms with Crippen LogP contribution in [0.25, 0.3) is 0 Å². The Bertz CT molecular complexity index is 246. The number of hydrogen-bond acceptors (Lipinski definition) is 3. The molecule has 6 heteroatoms. The van der Waals surface area contributed by atoms with Crippen LogP contribution >= 0.6 is 12.4 Å². The molecule has 0 aromatic rings. The van der Waals surface area contributed by atoms with Crippen molar-refractivity contribution in [3.8, 4) is 0 Å². The summed E-state index contributed by atoms with van der Waals surface area (Å²) >= 11 is 0. The maximum absolute atomic E-state index is 11.7. The molecule has 16 heavy (non-hydrogen) atoms. The van der Waals surface area contributed by atoms with E-state index in [0.717, 1.165) is 32.2 Å². The third-order valence-electron chi connectivity index (χ3n) is 2.77. The van der Waals surface area contributed by atoms with Crippen LogP contribution in [0, 0.1) is 0 Å². The van der Waals surface area contributed by atoms with Gasteiger partial charge in [-0.05, 0) is 32.2 Å². The second kappa shape index (κ2) is 7.46. The Balaban J connectivity index is 0.00000225. The van der Waals surface area contributed by atoms with Crippen LogP contribution in [0.1, 0.15) is 32.1 Å². The van der Waals surface area contributed by atoms with Crippen LogP contribution < -0.4 is 11.5 Å². The molecule has 1 aliphatic rings. The lowest BCUT2D eigenvalue weighted by atomic mass is 9.99. The summed E-state index contributed by atoms with van der Waals surface area (Å²) in [5.41, 5.74) is 10.5. The van der Waals surface area contributed by atoms with E-state index in [1.165, 1.54) is 0 Å². The first-order valence-corrected chi connectivity index (χ1v) is 5.43. The van der Waals surface area contributed by atoms with Gasteiger partial charge in [0.05, 0.1) is 0 Å². The number of likely N-dealkylation sites (tertiary alicyclic amines) is 1. The van der Waals surface area contributed by atoms with Crippen LogP contribution in [-0.2, 0) is 9.59 Å². The number of primary amides is 1. The molecule has 1 atom stereocenters. The maximum atomic E-state index is 11.7. The van der Waals surface area contributed by atoms with Gasteiger partial charge in [-0.15, -0.1) is 12.4 Å². The van der Waals surface area contributed by atoms with E-state index in [9.17, 15) is 9.59 Å². The molecule has 1 heterocycles. The van der Waals surface area contributed by atoms with Gasteiger partial charge < -0.3 is 16.4 Å². The zero-order valence-electron chi connectivity index (χ0n) is 9.35. The molecule has 2 amide bonds. The molecule has 1 unspecified atom stereocenters. The van der Waals surface area contributed by atoms with Crippen LogP contribution in [0.3, 0.4) is 0 Å². The number of nitrogens with zero attached hydrogens (tertiary/aromatic N) is 1. The average Bonchev–Trinajstić information content (AvgIpc) is 2.18. The Labute approximate surface area is 102 Å². The fourth-order valence-electron chi connectivity index (χ4n) is 2.07. The number of halogens is 1. The number of hydrogen-bond donors (Lipinski definition) is 2. The molecule has 0 bridgehead atoms. The van der Waals surface area contributed by atoms with Gasteiger partial charge in [-0.25, -0.2) is 0 Å². The Morgan fingerprint density at radius 1 is 1.31 bits per heavy atom. The molecule has 0 radical (unpaired) electrons. The fraction of sp³-hybridized carbons (Fsp3) is 0.800. The third-order valence-corrected chi connectivity index (χ3v) is 2.77. The summed E-state index contributed by atoms with van der Waals surface area (Å²) in [4.78, 5) is 24.1. The van der Waals surface area contributed by atoms with Crippen molar-refractivity contribution in [1.82, 2.24) is 4.90 Å². The Hall–Kier alpha value is -0.810. The largest absolute Gasteiger partial charge is 0.369 e. The smallest absolute Gasteiger partial charge is 0.232 e. The van der Waals surface area contributed by atoms with Gasteiger partial charge >= 0.3 is 0 Å². The average molecular weight is 250 g/mol. The first kappa shape index (κ1) is 15.2. The second-order valence-corrected chi connectivity index (χ2v) is 3.96. The molecule has 0 saturated carbocycles. The normalized spacial score (nSPS) is 20.1. The van der Waals surface area contributed by atoms with E-state index in [4.69, 9.17) is 11.5 Å². The lowest BCUT2D eigenvalue weighted by molar-refractivity contribution is -0.138. The Morgan fingerprint density at radius 2 is 2.00 bits per heavy atom. The highest BCUT2D eigenvalue weighted by Crippen LogP contribution is 2.19. The summed E-state index contributed by atoms with van der Waals surface area (Å²) in [6.07, 6.45) is 3.75. The third kappa shape index (κ3) is 4.37. The number of piperidine rings is 1. The first-order chi connectivity index (χ1) is 7.15. The van der Waals surface area contributed by atoms with E-state index in [0.29, 0.717) is 6.54 Å². The minimum Gasteiger partial charge on any atom is -0.369 e. The predicted octanol–water partition coefficient (Wildman–Crippen LogP) is 0.0135. The number of nitrogens with two attached hydrogens (primary N) is 2. The summed E-state index contributed by atoms with van der Waals surface area (Å²) < 4.78 is 0. The van der Waals surface area contributed by atoms with Gasteiger partial charge in [0, 0.05) is 12.6 Å². The quantitative estimate of drug-likeness (QED) is 0.688. The molecule has 0 aromatic heterocycles. The van der Waals surface area contributed by atoms with Gasteiger partial charge in [0.25, 0.3) is 0 Å². The maximum Gasteiger partial charge on any atom is 0.232 e. The molecule has 0 spiro atoms. The van der Waals surface area contributed by atoms with Crippen molar-refractivity contribution in [3.63, 3.8) is 0 Å². The molecule has 1 saturated heterocycles. The summed E-state index contributed by atoms with van der Waals surface area (Å²) in [7, 11) is 0. The predicted molar refractivity (Wildman–Crippen MR) is 64.1 cm³/mol. The van der Waals surface area contributed by atoms with Crippen LogP contribution in [0.4, 0.5) is 0 Å². The second-order valence-electron chi connectivity index (χ2n) is 3.96. The summed E-state index contributed by atoms with van der Waals surface area (Å²) in [6.45, 7) is 1.31. The van der Waals surface area contributed by atoms with Crippen LogP contribution in [-0.4, -0.2) is 35.8 Å². The molecule has 5 nitrogen and oxygen atoms in total. The van der Waals surface area contributed by atoms with Crippen molar-refractivity contribution in [3.05, 3.63) is 0 Å². The van der Waals surface area contributed by atoms with E-state index in [1.807, 2.05) is 0 Å². The van der Waals surface area contributed by atoms with Crippen molar-refractivity contribution < 1.29 is 9.59 Å². The van der Waals surface area contributed by atoms with E-state index in [1.54, 1.807) is 4.90 Å². The highest BCUT2D eigenvalue weighted by Gasteiger charge is 2.26. The van der Waals surface area contributed by atoms with E-state index < -0.39 is 5.91 Å². The van der Waals surface area contributed by atoms with E-state index >= 15 is 0 Å². The van der Waals surface area contributed by atoms with Crippen molar-refractivity contribution in [2.45, 2.75) is 38.1 Å². The molecule has 1 fully saturated rings. The number of carbonyl (C=O) groups is 2. The molecule has 0 aromatic carbocycles. The topological polar surface area (TPSA) is 89.4 Å². The SMILES string of the molecule is Cl.NCCC1CCCCN1C(=O)CC(N)=O. The Kier molecular flexibility index (Phi) is 7.08. The standard InChI is InChI=1S/C10H19N3O2.ClH/c11-5-4-8-3-1-2-6-13(8)10(15)7-9(12)14;/h8H,1-7,11H2,(H2,12,14);1H. The van der Waals surface area contributed by atoms with E-state index in [-0.39, 0.29) is 30.8 Å². The van der Waals surface area contributed by atoms with E-state index in [2.05, 4.69) is 0 Å². The minimum absolute atomic E-state index is 0. The number of amides is 2. The number of carbonyl (C=O) groups excluding carboxylic acids is 2. The zero-order chi connectivity index (χ0) is 11.3. The molecule has 0 aliphatic carbocycles. The molecular weight excluding hydrogens is 230 g/mol. The van der Waals surface area contributed by atoms with Crippen LogP contribution in [0.5, 0.6) is 0 Å².